The molecule has 224 valence electrons. The predicted octanol–water partition coefficient (Wildman–Crippen LogP) is 3.73. The number of nitrogens with zero attached hydrogens (tertiary/aromatic N) is 1. The maximum absolute atomic E-state index is 12.5. The first-order chi connectivity index (χ1) is 20.1. The zero-order valence-electron chi connectivity index (χ0n) is 22.2. The topological polar surface area (TPSA) is 197 Å². The number of hydrogen-bond acceptors (Lipinski definition) is 11. The van der Waals surface area contributed by atoms with Crippen molar-refractivity contribution in [1.82, 2.24) is 0 Å². The maximum Gasteiger partial charge on any atom is 0.323 e. The molecule has 0 bridgehead atoms. The van der Waals surface area contributed by atoms with Crippen LogP contribution < -0.4 is 19.1 Å². The van der Waals surface area contributed by atoms with E-state index in [-0.39, 0.29) is 61.0 Å². The van der Waals surface area contributed by atoms with E-state index >= 15 is 0 Å². The molecule has 4 rings (SSSR count). The van der Waals surface area contributed by atoms with Crippen molar-refractivity contribution in [2.45, 2.75) is 19.4 Å². The number of benzene rings is 3. The molecule has 15 heteroatoms. The van der Waals surface area contributed by atoms with Gasteiger partial charge in [0.25, 0.3) is 0 Å². The number of rotatable bonds is 9. The lowest BCUT2D eigenvalue weighted by atomic mass is 9.76. The van der Waals surface area contributed by atoms with E-state index < -0.39 is 48.3 Å². The molecular formula is C28H21Cl2NO12. The third-order valence-electron chi connectivity index (χ3n) is 6.23. The Bertz CT molecular complexity index is 1620. The summed E-state index contributed by atoms with van der Waals surface area (Å²) < 4.78 is 16.2. The number of esters is 2. The quantitative estimate of drug-likeness (QED) is 0.151. The van der Waals surface area contributed by atoms with Gasteiger partial charge in [0, 0.05) is 48.2 Å². The number of ether oxygens (including phenoxy) is 3. The van der Waals surface area contributed by atoms with Gasteiger partial charge >= 0.3 is 23.9 Å². The van der Waals surface area contributed by atoms with Gasteiger partial charge in [0.05, 0.1) is 15.7 Å². The van der Waals surface area contributed by atoms with E-state index in [9.17, 15) is 44.4 Å². The highest BCUT2D eigenvalue weighted by Crippen LogP contribution is 2.55. The summed E-state index contributed by atoms with van der Waals surface area (Å²) in [7, 11) is 0. The molecule has 3 aromatic carbocycles. The first-order valence-corrected chi connectivity index (χ1v) is 12.9. The number of carbonyl (C=O) groups excluding carboxylic acids is 3. The zero-order chi connectivity index (χ0) is 31.8. The molecule has 1 aliphatic rings. The van der Waals surface area contributed by atoms with E-state index in [0.717, 1.165) is 30.9 Å². The fraction of sp³-hybridized carbons (Fsp3) is 0.179. The number of hydrogen-bond donors (Lipinski definition) is 4. The van der Waals surface area contributed by atoms with Crippen LogP contribution in [0.15, 0.2) is 36.4 Å². The lowest BCUT2D eigenvalue weighted by Crippen LogP contribution is -2.36. The van der Waals surface area contributed by atoms with Crippen LogP contribution in [0.5, 0.6) is 28.7 Å². The fourth-order valence-electron chi connectivity index (χ4n) is 4.63. The second-order valence-corrected chi connectivity index (χ2v) is 10.1. The first kappa shape index (κ1) is 31.1. The number of aldehydes is 1. The number of carboxylic acid groups (broad SMARTS) is 2. The third kappa shape index (κ3) is 6.04. The van der Waals surface area contributed by atoms with Gasteiger partial charge in [-0.15, -0.1) is 0 Å². The molecular weight excluding hydrogens is 613 g/mol. The summed E-state index contributed by atoms with van der Waals surface area (Å²) in [6.07, 6.45) is 0.300. The molecule has 0 fully saturated rings. The summed E-state index contributed by atoms with van der Waals surface area (Å²) in [4.78, 5) is 59.3. The molecule has 1 aliphatic heterocycles. The highest BCUT2D eigenvalue weighted by Gasteiger charge is 2.46. The van der Waals surface area contributed by atoms with Crippen LogP contribution in [-0.4, -0.2) is 63.7 Å². The number of halogens is 2. The average molecular weight is 634 g/mol. The molecule has 0 amide bonds. The van der Waals surface area contributed by atoms with Gasteiger partial charge in [-0.05, 0) is 24.3 Å². The van der Waals surface area contributed by atoms with Crippen molar-refractivity contribution in [1.29, 1.82) is 0 Å². The predicted molar refractivity (Wildman–Crippen MR) is 149 cm³/mol. The van der Waals surface area contributed by atoms with Crippen molar-refractivity contribution < 1.29 is 58.6 Å². The van der Waals surface area contributed by atoms with Gasteiger partial charge in [0.1, 0.15) is 35.9 Å². The van der Waals surface area contributed by atoms with Gasteiger partial charge in [-0.3, -0.25) is 24.0 Å². The SMILES string of the molecule is CC(=O)Oc1cc2c(cc1Cl)C(O)(c1cc(O)c(N(CC(=O)O)CC(=O)O)cc1C=O)c1cc(Cl)c(OC(C)=O)cc1O2. The number of anilines is 1. The van der Waals surface area contributed by atoms with E-state index in [2.05, 4.69) is 0 Å². The van der Waals surface area contributed by atoms with E-state index in [1.807, 2.05) is 0 Å². The molecule has 4 N–H and O–H groups in total. The Kier molecular flexibility index (Phi) is 8.53. The molecule has 0 radical (unpaired) electrons. The van der Waals surface area contributed by atoms with Gasteiger partial charge in [-0.1, -0.05) is 23.2 Å². The van der Waals surface area contributed by atoms with E-state index in [1.54, 1.807) is 0 Å². The Balaban J connectivity index is 2.04. The number of carbonyl (C=O) groups is 5. The number of aromatic hydroxyl groups is 1. The van der Waals surface area contributed by atoms with Crippen LogP contribution in [0.25, 0.3) is 0 Å². The fourth-order valence-corrected chi connectivity index (χ4v) is 5.04. The number of fused-ring (bicyclic) bond motifs is 2. The van der Waals surface area contributed by atoms with E-state index in [0.29, 0.717) is 6.29 Å². The Morgan fingerprint density at radius 1 is 0.837 bits per heavy atom. The third-order valence-corrected chi connectivity index (χ3v) is 6.82. The van der Waals surface area contributed by atoms with Crippen molar-refractivity contribution in [3.05, 3.63) is 68.7 Å². The van der Waals surface area contributed by atoms with Crippen LogP contribution in [0, 0.1) is 0 Å². The Morgan fingerprint density at radius 3 is 1.70 bits per heavy atom. The summed E-state index contributed by atoms with van der Waals surface area (Å²) in [6, 6.07) is 6.77. The largest absolute Gasteiger partial charge is 0.506 e. The summed E-state index contributed by atoms with van der Waals surface area (Å²) in [5.74, 6) is -5.46. The van der Waals surface area contributed by atoms with Gasteiger partial charge in [-0.2, -0.15) is 0 Å². The molecule has 0 aliphatic carbocycles. The van der Waals surface area contributed by atoms with Crippen LogP contribution in [0.4, 0.5) is 5.69 Å². The number of aliphatic carboxylic acids is 2. The van der Waals surface area contributed by atoms with E-state index in [1.165, 1.54) is 24.3 Å². The minimum atomic E-state index is -2.39. The molecule has 0 atom stereocenters. The Labute approximate surface area is 252 Å². The van der Waals surface area contributed by atoms with Crippen LogP contribution in [0.1, 0.15) is 40.9 Å². The van der Waals surface area contributed by atoms with Crippen molar-refractivity contribution in [2.24, 2.45) is 0 Å². The highest BCUT2D eigenvalue weighted by molar-refractivity contribution is 6.32. The highest BCUT2D eigenvalue weighted by atomic mass is 35.5. The molecule has 0 spiro atoms. The van der Waals surface area contributed by atoms with Crippen molar-refractivity contribution in [3.63, 3.8) is 0 Å². The Morgan fingerprint density at radius 2 is 1.30 bits per heavy atom. The lowest BCUT2D eigenvalue weighted by Gasteiger charge is -2.38. The molecule has 0 saturated heterocycles. The normalized spacial score (nSPS) is 12.7. The molecule has 3 aromatic rings. The maximum atomic E-state index is 12.5. The lowest BCUT2D eigenvalue weighted by molar-refractivity contribution is -0.137. The van der Waals surface area contributed by atoms with Gasteiger partial charge in [0.15, 0.2) is 17.8 Å². The average Bonchev–Trinajstić information content (AvgIpc) is 2.89. The van der Waals surface area contributed by atoms with E-state index in [4.69, 9.17) is 37.4 Å². The molecule has 1 heterocycles. The minimum Gasteiger partial charge on any atom is -0.506 e. The monoisotopic (exact) mass is 633 g/mol. The second kappa shape index (κ2) is 11.8. The Hall–Kier alpha value is -4.85. The molecule has 0 saturated carbocycles. The van der Waals surface area contributed by atoms with Gasteiger partial charge < -0.3 is 39.5 Å². The molecule has 43 heavy (non-hydrogen) atoms. The van der Waals surface area contributed by atoms with Crippen LogP contribution >= 0.6 is 23.2 Å². The smallest absolute Gasteiger partial charge is 0.323 e. The summed E-state index contributed by atoms with van der Waals surface area (Å²) in [5, 5.41) is 41.8. The first-order valence-electron chi connectivity index (χ1n) is 12.1. The number of phenols is 1. The summed E-state index contributed by atoms with van der Waals surface area (Å²) in [6.45, 7) is 0.581. The van der Waals surface area contributed by atoms with Crippen LogP contribution in [0.2, 0.25) is 10.0 Å². The number of aliphatic hydroxyl groups is 1. The van der Waals surface area contributed by atoms with Gasteiger partial charge in [0.2, 0.25) is 0 Å². The summed E-state index contributed by atoms with van der Waals surface area (Å²) in [5.41, 5.74) is -3.47. The number of phenolic OH excluding ortho intramolecular Hbond substituents is 1. The van der Waals surface area contributed by atoms with Crippen molar-refractivity contribution >= 4 is 59.1 Å². The minimum absolute atomic E-state index is 0.0969. The van der Waals surface area contributed by atoms with Crippen molar-refractivity contribution in [2.75, 3.05) is 18.0 Å². The van der Waals surface area contributed by atoms with Crippen molar-refractivity contribution in [3.8, 4) is 28.7 Å². The van der Waals surface area contributed by atoms with Crippen LogP contribution in [-0.2, 0) is 24.8 Å². The zero-order valence-corrected chi connectivity index (χ0v) is 23.7. The molecule has 0 aromatic heterocycles. The molecule has 13 nitrogen and oxygen atoms in total. The number of carboxylic acids is 2. The standard InChI is InChI=1S/C28H21Cl2NO12/c1-12(33)41-24-7-22-16(4-18(24)29)28(40,17-5-19(30)25(42-13(2)34)8-23(17)43-22)15-6-21(35)20(3-14(15)11-32)31(9-26(36)37)10-27(38)39/h3-8,11,35,40H,9-10H2,1-2H3,(H,36,37)(H,38,39). The van der Waals surface area contributed by atoms with Gasteiger partial charge in [-0.25, -0.2) is 0 Å². The second-order valence-electron chi connectivity index (χ2n) is 9.25. The molecule has 0 unspecified atom stereocenters. The van der Waals surface area contributed by atoms with Crippen LogP contribution in [0.3, 0.4) is 0 Å². The summed E-state index contributed by atoms with van der Waals surface area (Å²) >= 11 is 12.7.